The summed E-state index contributed by atoms with van der Waals surface area (Å²) < 4.78 is 0. The van der Waals surface area contributed by atoms with Crippen LogP contribution in [0, 0.1) is 5.41 Å². The van der Waals surface area contributed by atoms with Crippen LogP contribution in [0.25, 0.3) is 10.9 Å². The fourth-order valence-electron chi connectivity index (χ4n) is 3.26. The monoisotopic (exact) mass is 335 g/mol. The highest BCUT2D eigenvalue weighted by Gasteiger charge is 2.41. The Morgan fingerprint density at radius 2 is 2.13 bits per heavy atom. The van der Waals surface area contributed by atoms with Crippen molar-refractivity contribution in [2.24, 2.45) is 11.1 Å². The zero-order chi connectivity index (χ0) is 15.6. The van der Waals surface area contributed by atoms with E-state index in [4.69, 9.17) is 5.73 Å². The molecule has 5 heteroatoms. The molecule has 1 aromatic heterocycles. The molecule has 1 aromatic carbocycles. The van der Waals surface area contributed by atoms with Crippen molar-refractivity contribution >= 4 is 29.2 Å². The molecule has 4 nitrogen and oxygen atoms in total. The Balaban J connectivity index is 0.00000192. The summed E-state index contributed by atoms with van der Waals surface area (Å²) in [5, 5.41) is 4.20. The summed E-state index contributed by atoms with van der Waals surface area (Å²) in [7, 11) is 0. The van der Waals surface area contributed by atoms with Gasteiger partial charge in [0.1, 0.15) is 0 Å². The molecule has 1 saturated carbocycles. The number of fused-ring (bicyclic) bond motifs is 1. The number of hydrogen-bond acceptors (Lipinski definition) is 2. The number of amides is 1. The lowest BCUT2D eigenvalue weighted by Gasteiger charge is -2.17. The molecular weight excluding hydrogens is 310 g/mol. The minimum Gasteiger partial charge on any atom is -0.361 e. The quantitative estimate of drug-likeness (QED) is 0.727. The summed E-state index contributed by atoms with van der Waals surface area (Å²) >= 11 is 0. The molecule has 4 N–H and O–H groups in total. The molecule has 1 heterocycles. The van der Waals surface area contributed by atoms with Gasteiger partial charge in [-0.15, -0.1) is 12.4 Å². The normalized spacial score (nSPS) is 16.6. The van der Waals surface area contributed by atoms with Crippen molar-refractivity contribution in [3.8, 4) is 0 Å². The summed E-state index contributed by atoms with van der Waals surface area (Å²) in [5.41, 5.74) is 8.66. The summed E-state index contributed by atoms with van der Waals surface area (Å²) in [6.45, 7) is 2.98. The fraction of sp³-hybridized carbons (Fsp3) is 0.500. The molecule has 3 rings (SSSR count). The molecule has 0 radical (unpaired) electrons. The molecule has 1 amide bonds. The Hall–Kier alpha value is -1.52. The Bertz CT molecular complexity index is 663. The van der Waals surface area contributed by atoms with Crippen LogP contribution in [0.2, 0.25) is 0 Å². The molecule has 1 fully saturated rings. The van der Waals surface area contributed by atoms with Crippen molar-refractivity contribution in [1.82, 2.24) is 10.3 Å². The van der Waals surface area contributed by atoms with E-state index in [1.165, 1.54) is 25.7 Å². The van der Waals surface area contributed by atoms with Crippen molar-refractivity contribution in [2.75, 3.05) is 6.54 Å². The number of aromatic amines is 1. The number of para-hydroxylation sites is 1. The first kappa shape index (κ1) is 17.8. The van der Waals surface area contributed by atoms with Gasteiger partial charge in [0.2, 0.25) is 5.91 Å². The van der Waals surface area contributed by atoms with E-state index in [1.807, 2.05) is 24.4 Å². The molecule has 0 spiro atoms. The lowest BCUT2D eigenvalue weighted by molar-refractivity contribution is -0.122. The average molecular weight is 336 g/mol. The predicted molar refractivity (Wildman–Crippen MR) is 96.8 cm³/mol. The molecule has 126 valence electrons. The lowest BCUT2D eigenvalue weighted by Crippen LogP contribution is -2.44. The lowest BCUT2D eigenvalue weighted by atomic mass is 10.00. The molecule has 1 aliphatic rings. The standard InChI is InChI=1S/C18H25N3O.ClH/c1-2-7-18(8-9-18)12-21-17(22)15(19)10-13-11-20-16-6-4-3-5-14(13)16;/h3-6,11,15,20H,2,7-10,12,19H2,1H3,(H,21,22);1H/t15-;/m0./s1. The predicted octanol–water partition coefficient (Wildman–Crippen LogP) is 3.16. The Morgan fingerprint density at radius 3 is 2.83 bits per heavy atom. The summed E-state index contributed by atoms with van der Waals surface area (Å²) in [5.74, 6) is -0.0346. The zero-order valence-electron chi connectivity index (χ0n) is 13.6. The highest BCUT2D eigenvalue weighted by molar-refractivity contribution is 5.86. The first-order valence-corrected chi connectivity index (χ1v) is 8.22. The summed E-state index contributed by atoms with van der Waals surface area (Å²) in [6.07, 6.45) is 7.37. The van der Waals surface area contributed by atoms with Gasteiger partial charge in [0.05, 0.1) is 6.04 Å². The van der Waals surface area contributed by atoms with Crippen molar-refractivity contribution < 1.29 is 4.79 Å². The number of carbonyl (C=O) groups is 1. The number of rotatable bonds is 7. The number of H-pyrrole nitrogens is 1. The van der Waals surface area contributed by atoms with Crippen LogP contribution in [-0.2, 0) is 11.2 Å². The van der Waals surface area contributed by atoms with Gasteiger partial charge in [-0.05, 0) is 42.7 Å². The van der Waals surface area contributed by atoms with Gasteiger partial charge in [0.25, 0.3) is 0 Å². The maximum atomic E-state index is 12.2. The largest absolute Gasteiger partial charge is 0.361 e. The number of carbonyl (C=O) groups excluding carboxylic acids is 1. The van der Waals surface area contributed by atoms with Gasteiger partial charge in [-0.3, -0.25) is 4.79 Å². The first-order chi connectivity index (χ1) is 10.6. The third kappa shape index (κ3) is 4.06. The highest BCUT2D eigenvalue weighted by Crippen LogP contribution is 2.48. The molecular formula is C18H26ClN3O. The van der Waals surface area contributed by atoms with Gasteiger partial charge in [-0.25, -0.2) is 0 Å². The Labute approximate surface area is 143 Å². The highest BCUT2D eigenvalue weighted by atomic mass is 35.5. The van der Waals surface area contributed by atoms with E-state index in [0.717, 1.165) is 23.0 Å². The van der Waals surface area contributed by atoms with Crippen molar-refractivity contribution in [2.45, 2.75) is 45.1 Å². The van der Waals surface area contributed by atoms with Crippen LogP contribution in [0.5, 0.6) is 0 Å². The van der Waals surface area contributed by atoms with Crippen molar-refractivity contribution in [3.05, 3.63) is 36.0 Å². The van der Waals surface area contributed by atoms with Crippen LogP contribution in [0.1, 0.15) is 38.2 Å². The van der Waals surface area contributed by atoms with Crippen molar-refractivity contribution in [3.63, 3.8) is 0 Å². The van der Waals surface area contributed by atoms with Crippen LogP contribution in [0.3, 0.4) is 0 Å². The average Bonchev–Trinajstić information content (AvgIpc) is 3.18. The molecule has 0 unspecified atom stereocenters. The smallest absolute Gasteiger partial charge is 0.237 e. The molecule has 23 heavy (non-hydrogen) atoms. The molecule has 1 atom stereocenters. The second-order valence-electron chi connectivity index (χ2n) is 6.64. The minimum absolute atomic E-state index is 0. The van der Waals surface area contributed by atoms with Crippen LogP contribution < -0.4 is 11.1 Å². The number of halogens is 1. The number of hydrogen-bond donors (Lipinski definition) is 3. The second-order valence-corrected chi connectivity index (χ2v) is 6.64. The van der Waals surface area contributed by atoms with E-state index in [1.54, 1.807) is 0 Å². The number of nitrogens with two attached hydrogens (primary N) is 1. The third-order valence-electron chi connectivity index (χ3n) is 4.83. The molecule has 1 aliphatic carbocycles. The summed E-state index contributed by atoms with van der Waals surface area (Å²) in [6, 6.07) is 7.61. The van der Waals surface area contributed by atoms with Gasteiger partial charge in [0.15, 0.2) is 0 Å². The zero-order valence-corrected chi connectivity index (χ0v) is 14.4. The summed E-state index contributed by atoms with van der Waals surface area (Å²) in [4.78, 5) is 15.5. The van der Waals surface area contributed by atoms with Gasteiger partial charge in [-0.2, -0.15) is 0 Å². The maximum Gasteiger partial charge on any atom is 0.237 e. The third-order valence-corrected chi connectivity index (χ3v) is 4.83. The van der Waals surface area contributed by atoms with Crippen LogP contribution in [-0.4, -0.2) is 23.5 Å². The van der Waals surface area contributed by atoms with Gasteiger partial charge in [-0.1, -0.05) is 31.5 Å². The maximum absolute atomic E-state index is 12.2. The SMILES string of the molecule is CCCC1(CNC(=O)[C@@H](N)Cc2c[nH]c3ccccc23)CC1.Cl. The molecule has 2 aromatic rings. The van der Waals surface area contributed by atoms with E-state index >= 15 is 0 Å². The van der Waals surface area contributed by atoms with E-state index in [9.17, 15) is 4.79 Å². The topological polar surface area (TPSA) is 70.9 Å². The van der Waals surface area contributed by atoms with Crippen LogP contribution >= 0.6 is 12.4 Å². The number of aromatic nitrogens is 1. The van der Waals surface area contributed by atoms with Gasteiger partial charge >= 0.3 is 0 Å². The molecule has 0 aliphatic heterocycles. The first-order valence-electron chi connectivity index (χ1n) is 8.22. The number of benzene rings is 1. The van der Waals surface area contributed by atoms with Crippen molar-refractivity contribution in [1.29, 1.82) is 0 Å². The minimum atomic E-state index is -0.489. The van der Waals surface area contributed by atoms with E-state index in [2.05, 4.69) is 23.3 Å². The van der Waals surface area contributed by atoms with E-state index in [-0.39, 0.29) is 18.3 Å². The van der Waals surface area contributed by atoms with E-state index in [0.29, 0.717) is 11.8 Å². The van der Waals surface area contributed by atoms with Gasteiger partial charge < -0.3 is 16.0 Å². The van der Waals surface area contributed by atoms with E-state index < -0.39 is 6.04 Å². The molecule has 0 saturated heterocycles. The fourth-order valence-corrected chi connectivity index (χ4v) is 3.26. The Kier molecular flexibility index (Phi) is 5.71. The number of nitrogens with one attached hydrogen (secondary N) is 2. The molecule has 0 bridgehead atoms. The van der Waals surface area contributed by atoms with Crippen LogP contribution in [0.15, 0.2) is 30.5 Å². The Morgan fingerprint density at radius 1 is 1.39 bits per heavy atom. The van der Waals surface area contributed by atoms with Crippen LogP contribution in [0.4, 0.5) is 0 Å². The second kappa shape index (κ2) is 7.37. The van der Waals surface area contributed by atoms with Gasteiger partial charge in [0, 0.05) is 23.6 Å².